The van der Waals surface area contributed by atoms with E-state index in [2.05, 4.69) is 20.5 Å². The Morgan fingerprint density at radius 1 is 1.38 bits per heavy atom. The van der Waals surface area contributed by atoms with Crippen molar-refractivity contribution in [3.05, 3.63) is 30.9 Å². The molecule has 0 bridgehead atoms. The summed E-state index contributed by atoms with van der Waals surface area (Å²) in [6.45, 7) is 1.14. The predicted octanol–water partition coefficient (Wildman–Crippen LogP) is 1.60. The summed E-state index contributed by atoms with van der Waals surface area (Å²) in [5.74, 6) is 0.386. The first-order valence-electron chi connectivity index (χ1n) is 7.99. The Morgan fingerprint density at radius 3 is 3.04 bits per heavy atom. The number of ether oxygens (including phenoxy) is 1. The zero-order valence-electron chi connectivity index (χ0n) is 13.4. The van der Waals surface area contributed by atoms with Gasteiger partial charge in [-0.1, -0.05) is 0 Å². The van der Waals surface area contributed by atoms with Crippen LogP contribution in [0.4, 0.5) is 4.39 Å². The van der Waals surface area contributed by atoms with E-state index in [1.165, 1.54) is 0 Å². The van der Waals surface area contributed by atoms with Gasteiger partial charge in [-0.2, -0.15) is 10.2 Å². The van der Waals surface area contributed by atoms with Crippen LogP contribution in [0.25, 0.3) is 16.8 Å². The molecule has 0 aromatic carbocycles. The molecule has 3 aromatic heterocycles. The van der Waals surface area contributed by atoms with Crippen LogP contribution in [-0.4, -0.2) is 49.7 Å². The lowest BCUT2D eigenvalue weighted by molar-refractivity contribution is 0.0579. The fraction of sp³-hybridized carbons (Fsp3) is 0.438. The minimum Gasteiger partial charge on any atom is -0.473 e. The van der Waals surface area contributed by atoms with Crippen LogP contribution in [0, 0.1) is 0 Å². The molecule has 8 heteroatoms. The molecule has 1 aliphatic rings. The van der Waals surface area contributed by atoms with Gasteiger partial charge in [0.1, 0.15) is 12.1 Å². The number of nitrogens with one attached hydrogen (secondary N) is 1. The first-order valence-corrected chi connectivity index (χ1v) is 7.99. The van der Waals surface area contributed by atoms with Crippen LogP contribution in [0.3, 0.4) is 0 Å². The van der Waals surface area contributed by atoms with Crippen LogP contribution in [0.5, 0.6) is 5.88 Å². The van der Waals surface area contributed by atoms with Crippen LogP contribution in [0.2, 0.25) is 0 Å². The number of hydrogen-bond acceptors (Lipinski definition) is 5. The summed E-state index contributed by atoms with van der Waals surface area (Å²) in [4.78, 5) is 4.55. The van der Waals surface area contributed by atoms with Crippen molar-refractivity contribution in [1.82, 2.24) is 29.7 Å². The van der Waals surface area contributed by atoms with Gasteiger partial charge in [0.2, 0.25) is 5.88 Å². The molecule has 0 saturated carbocycles. The molecule has 0 amide bonds. The van der Waals surface area contributed by atoms with Crippen molar-refractivity contribution in [1.29, 1.82) is 0 Å². The molecule has 1 fully saturated rings. The fourth-order valence-corrected chi connectivity index (χ4v) is 2.95. The standard InChI is InChI=1S/C16H19FN6O/c1-22-8-12(7-20-22)13-9-23-14(3-6-19-23)15(21-13)24-11-16(17)4-2-5-18-10-16/h3,6-9,18H,2,4-5,10-11H2,1H3. The smallest absolute Gasteiger partial charge is 0.240 e. The summed E-state index contributed by atoms with van der Waals surface area (Å²) >= 11 is 0. The van der Waals surface area contributed by atoms with E-state index >= 15 is 0 Å². The average Bonchev–Trinajstić information content (AvgIpc) is 3.22. The van der Waals surface area contributed by atoms with Crippen molar-refractivity contribution in [2.24, 2.45) is 7.05 Å². The second-order valence-electron chi connectivity index (χ2n) is 6.21. The van der Waals surface area contributed by atoms with Crippen LogP contribution in [0.1, 0.15) is 12.8 Å². The average molecular weight is 330 g/mol. The molecular formula is C16H19FN6O. The quantitative estimate of drug-likeness (QED) is 0.787. The minimum atomic E-state index is -1.36. The summed E-state index contributed by atoms with van der Waals surface area (Å²) in [7, 11) is 1.84. The minimum absolute atomic E-state index is 0.0235. The topological polar surface area (TPSA) is 69.3 Å². The lowest BCUT2D eigenvalue weighted by Crippen LogP contribution is -2.46. The molecular weight excluding hydrogens is 311 g/mol. The number of rotatable bonds is 4. The predicted molar refractivity (Wildman–Crippen MR) is 86.6 cm³/mol. The molecule has 0 radical (unpaired) electrons. The Morgan fingerprint density at radius 2 is 2.29 bits per heavy atom. The maximum Gasteiger partial charge on any atom is 0.240 e. The summed E-state index contributed by atoms with van der Waals surface area (Å²) in [6, 6.07) is 1.80. The van der Waals surface area contributed by atoms with Gasteiger partial charge in [-0.25, -0.2) is 13.9 Å². The molecule has 4 heterocycles. The van der Waals surface area contributed by atoms with Crippen molar-refractivity contribution in [2.75, 3.05) is 19.7 Å². The first-order chi connectivity index (χ1) is 11.6. The number of piperidine rings is 1. The fourth-order valence-electron chi connectivity index (χ4n) is 2.95. The highest BCUT2D eigenvalue weighted by molar-refractivity contribution is 5.63. The first kappa shape index (κ1) is 15.1. The SMILES string of the molecule is Cn1cc(-c2cn3nccc3c(OCC3(F)CCCNC3)n2)cn1. The van der Waals surface area contributed by atoms with E-state index in [-0.39, 0.29) is 6.61 Å². The second-order valence-corrected chi connectivity index (χ2v) is 6.21. The maximum absolute atomic E-state index is 14.8. The van der Waals surface area contributed by atoms with Gasteiger partial charge >= 0.3 is 0 Å². The Kier molecular flexibility index (Phi) is 3.68. The lowest BCUT2D eigenvalue weighted by Gasteiger charge is -2.29. The van der Waals surface area contributed by atoms with Crippen molar-refractivity contribution < 1.29 is 9.13 Å². The van der Waals surface area contributed by atoms with Crippen LogP contribution in [0.15, 0.2) is 30.9 Å². The van der Waals surface area contributed by atoms with Gasteiger partial charge in [-0.05, 0) is 25.5 Å². The molecule has 7 nitrogen and oxygen atoms in total. The number of halogens is 1. The van der Waals surface area contributed by atoms with E-state index in [9.17, 15) is 4.39 Å². The van der Waals surface area contributed by atoms with Crippen molar-refractivity contribution in [3.63, 3.8) is 0 Å². The molecule has 126 valence electrons. The molecule has 1 N–H and O–H groups in total. The van der Waals surface area contributed by atoms with E-state index in [4.69, 9.17) is 4.74 Å². The van der Waals surface area contributed by atoms with Gasteiger partial charge in [-0.15, -0.1) is 0 Å². The van der Waals surface area contributed by atoms with Gasteiger partial charge in [0.15, 0.2) is 5.67 Å². The van der Waals surface area contributed by atoms with E-state index in [1.54, 1.807) is 27.7 Å². The van der Waals surface area contributed by atoms with Crippen LogP contribution >= 0.6 is 0 Å². The summed E-state index contributed by atoms with van der Waals surface area (Å²) in [5.41, 5.74) is 0.898. The van der Waals surface area contributed by atoms with E-state index in [0.29, 0.717) is 24.5 Å². The Bertz CT molecular complexity index is 851. The molecule has 4 rings (SSSR count). The van der Waals surface area contributed by atoms with Gasteiger partial charge in [-0.3, -0.25) is 4.68 Å². The van der Waals surface area contributed by atoms with Crippen molar-refractivity contribution in [3.8, 4) is 17.1 Å². The number of aryl methyl sites for hydroxylation is 1. The van der Waals surface area contributed by atoms with Gasteiger partial charge in [0, 0.05) is 25.4 Å². The number of fused-ring (bicyclic) bond motifs is 1. The molecule has 0 spiro atoms. The molecule has 1 aliphatic heterocycles. The molecule has 3 aromatic rings. The third-order valence-corrected chi connectivity index (χ3v) is 4.24. The zero-order valence-corrected chi connectivity index (χ0v) is 13.4. The number of nitrogens with zero attached hydrogens (tertiary/aromatic N) is 5. The second kappa shape index (κ2) is 5.86. The summed E-state index contributed by atoms with van der Waals surface area (Å²) in [6.07, 6.45) is 8.38. The highest BCUT2D eigenvalue weighted by atomic mass is 19.1. The maximum atomic E-state index is 14.8. The Hall–Kier alpha value is -2.48. The summed E-state index contributed by atoms with van der Waals surface area (Å²) < 4.78 is 23.9. The monoisotopic (exact) mass is 330 g/mol. The largest absolute Gasteiger partial charge is 0.473 e. The normalized spacial score (nSPS) is 21.2. The van der Waals surface area contributed by atoms with Crippen LogP contribution < -0.4 is 10.1 Å². The van der Waals surface area contributed by atoms with Crippen LogP contribution in [-0.2, 0) is 7.05 Å². The van der Waals surface area contributed by atoms with Gasteiger partial charge in [0.25, 0.3) is 0 Å². The van der Waals surface area contributed by atoms with Gasteiger partial charge < -0.3 is 10.1 Å². The summed E-state index contributed by atoms with van der Waals surface area (Å²) in [5, 5.41) is 11.5. The molecule has 1 unspecified atom stereocenters. The number of aromatic nitrogens is 5. The highest BCUT2D eigenvalue weighted by Crippen LogP contribution is 2.26. The van der Waals surface area contributed by atoms with E-state index in [1.807, 2.05) is 19.4 Å². The number of alkyl halides is 1. The molecule has 1 saturated heterocycles. The number of hydrogen-bond donors (Lipinski definition) is 1. The lowest BCUT2D eigenvalue weighted by atomic mass is 9.97. The van der Waals surface area contributed by atoms with E-state index in [0.717, 1.165) is 24.0 Å². The Labute approximate surface area is 138 Å². The molecule has 0 aliphatic carbocycles. The third-order valence-electron chi connectivity index (χ3n) is 4.24. The van der Waals surface area contributed by atoms with Crippen molar-refractivity contribution in [2.45, 2.75) is 18.5 Å². The zero-order chi connectivity index (χ0) is 16.6. The third kappa shape index (κ3) is 2.84. The van der Waals surface area contributed by atoms with Crippen molar-refractivity contribution >= 4 is 5.52 Å². The highest BCUT2D eigenvalue weighted by Gasteiger charge is 2.33. The molecule has 24 heavy (non-hydrogen) atoms. The Balaban J connectivity index is 1.65. The van der Waals surface area contributed by atoms with Gasteiger partial charge in [0.05, 0.1) is 24.3 Å². The van der Waals surface area contributed by atoms with E-state index < -0.39 is 5.67 Å². The molecule has 1 atom stereocenters.